The number of carbonyl (C=O) groups excluding carboxylic acids is 2. The number of nitrogens with zero attached hydrogens (tertiary/aromatic N) is 1. The molecule has 0 spiro atoms. The van der Waals surface area contributed by atoms with Crippen LogP contribution in [0.1, 0.15) is 39.5 Å². The third-order valence-electron chi connectivity index (χ3n) is 5.53. The summed E-state index contributed by atoms with van der Waals surface area (Å²) in [6, 6.07) is 17.4. The summed E-state index contributed by atoms with van der Waals surface area (Å²) in [5, 5.41) is 12.5. The molecule has 0 heterocycles. The van der Waals surface area contributed by atoms with Gasteiger partial charge in [-0.15, -0.1) is 0 Å². The maximum atomic E-state index is 12.7. The fourth-order valence-electron chi connectivity index (χ4n) is 3.44. The molecule has 0 aliphatic heterocycles. The van der Waals surface area contributed by atoms with Crippen molar-refractivity contribution in [3.63, 3.8) is 0 Å². The van der Waals surface area contributed by atoms with E-state index in [0.717, 1.165) is 5.56 Å². The number of carbonyl (C=O) groups is 2. The van der Waals surface area contributed by atoms with Crippen LogP contribution in [0.5, 0.6) is 11.5 Å². The molecule has 0 aromatic heterocycles. The summed E-state index contributed by atoms with van der Waals surface area (Å²) in [7, 11) is 1.29. The number of rotatable bonds is 9. The molecule has 3 rings (SSSR count). The number of benzene rings is 3. The van der Waals surface area contributed by atoms with E-state index in [4.69, 9.17) is 21.1 Å². The first-order chi connectivity index (χ1) is 17.7. The van der Waals surface area contributed by atoms with Gasteiger partial charge in [0.1, 0.15) is 18.2 Å². The van der Waals surface area contributed by atoms with Crippen molar-refractivity contribution in [3.05, 3.63) is 93.0 Å². The van der Waals surface area contributed by atoms with Crippen LogP contribution in [0.2, 0.25) is 5.02 Å². The van der Waals surface area contributed by atoms with Gasteiger partial charge in [-0.2, -0.15) is 5.26 Å². The normalized spacial score (nSPS) is 10.9. The van der Waals surface area contributed by atoms with E-state index >= 15 is 0 Å². The molecule has 0 saturated carbocycles. The first-order valence-electron chi connectivity index (χ1n) is 11.5. The van der Waals surface area contributed by atoms with Crippen LogP contribution in [0, 0.1) is 25.2 Å². The van der Waals surface area contributed by atoms with Gasteiger partial charge in [-0.05, 0) is 85.5 Å². The second-order valence-electron chi connectivity index (χ2n) is 8.16. The van der Waals surface area contributed by atoms with E-state index in [1.807, 2.05) is 39.0 Å². The molecular weight excluding hydrogens is 492 g/mol. The lowest BCUT2D eigenvalue weighted by molar-refractivity contribution is -0.112. The van der Waals surface area contributed by atoms with Crippen LogP contribution in [0.25, 0.3) is 6.08 Å². The zero-order valence-electron chi connectivity index (χ0n) is 21.1. The maximum absolute atomic E-state index is 12.7. The van der Waals surface area contributed by atoms with E-state index in [-0.39, 0.29) is 10.6 Å². The topological polar surface area (TPSA) is 97.7 Å². The van der Waals surface area contributed by atoms with E-state index in [0.29, 0.717) is 41.5 Å². The fraction of sp³-hybridized carbons (Fsp3) is 0.207. The molecule has 3 aromatic carbocycles. The molecule has 0 atom stereocenters. The summed E-state index contributed by atoms with van der Waals surface area (Å²) in [4.78, 5) is 24.3. The van der Waals surface area contributed by atoms with Gasteiger partial charge in [0.2, 0.25) is 0 Å². The molecule has 1 N–H and O–H groups in total. The summed E-state index contributed by atoms with van der Waals surface area (Å²) in [5.74, 6) is -0.315. The molecule has 0 saturated heterocycles. The molecule has 8 heteroatoms. The van der Waals surface area contributed by atoms with Gasteiger partial charge in [-0.3, -0.25) is 4.79 Å². The Hall–Kier alpha value is -4.28. The standard InChI is InChI=1S/C29H27ClN2O5/c1-5-36-26-15-21(14-25(30)27(26)37-17-20-7-6-18(2)19(3)12-20)13-23(16-31)28(33)32-24-10-8-22(9-11-24)29(34)35-4/h6-15H,5,17H2,1-4H3,(H,32,33)/b23-13+. The Morgan fingerprint density at radius 2 is 1.76 bits per heavy atom. The third-order valence-corrected chi connectivity index (χ3v) is 5.81. The Kier molecular flexibility index (Phi) is 9.31. The van der Waals surface area contributed by atoms with Crippen molar-refractivity contribution < 1.29 is 23.8 Å². The number of nitrogens with one attached hydrogen (secondary N) is 1. The molecule has 190 valence electrons. The van der Waals surface area contributed by atoms with Gasteiger partial charge in [0.05, 0.1) is 24.3 Å². The summed E-state index contributed by atoms with van der Waals surface area (Å²) in [6.07, 6.45) is 1.42. The first kappa shape index (κ1) is 27.3. The molecule has 3 aromatic rings. The van der Waals surface area contributed by atoms with Crippen LogP contribution in [0.3, 0.4) is 0 Å². The highest BCUT2D eigenvalue weighted by Crippen LogP contribution is 2.38. The highest BCUT2D eigenvalue weighted by molar-refractivity contribution is 6.32. The number of hydrogen-bond donors (Lipinski definition) is 1. The zero-order chi connectivity index (χ0) is 26.9. The van der Waals surface area contributed by atoms with E-state index < -0.39 is 11.9 Å². The molecule has 0 radical (unpaired) electrons. The third kappa shape index (κ3) is 7.12. The van der Waals surface area contributed by atoms with Crippen molar-refractivity contribution in [1.29, 1.82) is 5.26 Å². The minimum Gasteiger partial charge on any atom is -0.490 e. The number of nitriles is 1. The first-order valence-corrected chi connectivity index (χ1v) is 11.9. The zero-order valence-corrected chi connectivity index (χ0v) is 21.8. The number of aryl methyl sites for hydroxylation is 2. The molecule has 0 aliphatic rings. The Balaban J connectivity index is 1.81. The highest BCUT2D eigenvalue weighted by Gasteiger charge is 2.15. The number of methoxy groups -OCH3 is 1. The van der Waals surface area contributed by atoms with Crippen LogP contribution in [-0.4, -0.2) is 25.6 Å². The van der Waals surface area contributed by atoms with Gasteiger partial charge in [0.25, 0.3) is 5.91 Å². The van der Waals surface area contributed by atoms with Crippen molar-refractivity contribution in [2.75, 3.05) is 19.0 Å². The monoisotopic (exact) mass is 518 g/mol. The summed E-state index contributed by atoms with van der Waals surface area (Å²) in [5.41, 5.74) is 4.48. The van der Waals surface area contributed by atoms with E-state index in [9.17, 15) is 14.9 Å². The lowest BCUT2D eigenvalue weighted by Crippen LogP contribution is -2.13. The molecule has 37 heavy (non-hydrogen) atoms. The molecule has 0 bridgehead atoms. The van der Waals surface area contributed by atoms with Crippen molar-refractivity contribution in [2.24, 2.45) is 0 Å². The van der Waals surface area contributed by atoms with Crippen molar-refractivity contribution in [2.45, 2.75) is 27.4 Å². The minimum atomic E-state index is -0.613. The molecule has 0 unspecified atom stereocenters. The van der Waals surface area contributed by atoms with Gasteiger partial charge in [0, 0.05) is 5.69 Å². The van der Waals surface area contributed by atoms with Crippen LogP contribution >= 0.6 is 11.6 Å². The second kappa shape index (κ2) is 12.6. The predicted octanol–water partition coefficient (Wildman–Crippen LogP) is 6.27. The van der Waals surface area contributed by atoms with Crippen molar-refractivity contribution in [3.8, 4) is 17.6 Å². The highest BCUT2D eigenvalue weighted by atomic mass is 35.5. The van der Waals surface area contributed by atoms with Crippen LogP contribution in [-0.2, 0) is 16.1 Å². The van der Waals surface area contributed by atoms with Crippen molar-refractivity contribution in [1.82, 2.24) is 0 Å². The molecular formula is C29H27ClN2O5. The van der Waals surface area contributed by atoms with Gasteiger partial charge in [0.15, 0.2) is 11.5 Å². The number of anilines is 1. The van der Waals surface area contributed by atoms with Crippen LogP contribution in [0.15, 0.2) is 60.2 Å². The quantitative estimate of drug-likeness (QED) is 0.204. The minimum absolute atomic E-state index is 0.139. The SMILES string of the molecule is CCOc1cc(/C=C(\C#N)C(=O)Nc2ccc(C(=O)OC)cc2)cc(Cl)c1OCc1ccc(C)c(C)c1. The molecule has 0 aliphatic carbocycles. The van der Waals surface area contributed by atoms with Crippen LogP contribution < -0.4 is 14.8 Å². The van der Waals surface area contributed by atoms with Crippen molar-refractivity contribution >= 4 is 35.2 Å². The fourth-order valence-corrected chi connectivity index (χ4v) is 3.72. The van der Waals surface area contributed by atoms with Gasteiger partial charge in [-0.25, -0.2) is 4.79 Å². The largest absolute Gasteiger partial charge is 0.490 e. The Morgan fingerprint density at radius 1 is 1.03 bits per heavy atom. The van der Waals surface area contributed by atoms with E-state index in [1.165, 1.54) is 36.4 Å². The number of esters is 1. The number of ether oxygens (including phenoxy) is 3. The lowest BCUT2D eigenvalue weighted by atomic mass is 10.1. The number of hydrogen-bond acceptors (Lipinski definition) is 6. The summed E-state index contributed by atoms with van der Waals surface area (Å²) in [6.45, 7) is 6.60. The molecule has 1 amide bonds. The summed E-state index contributed by atoms with van der Waals surface area (Å²) < 4.78 is 16.4. The predicted molar refractivity (Wildman–Crippen MR) is 143 cm³/mol. The average molecular weight is 519 g/mol. The van der Waals surface area contributed by atoms with Gasteiger partial charge < -0.3 is 19.5 Å². The number of halogens is 1. The van der Waals surface area contributed by atoms with E-state index in [2.05, 4.69) is 16.1 Å². The summed E-state index contributed by atoms with van der Waals surface area (Å²) >= 11 is 6.53. The van der Waals surface area contributed by atoms with E-state index in [1.54, 1.807) is 24.3 Å². The van der Waals surface area contributed by atoms with Crippen LogP contribution in [0.4, 0.5) is 5.69 Å². The Bertz CT molecular complexity index is 1370. The Labute approximate surface area is 221 Å². The lowest BCUT2D eigenvalue weighted by Gasteiger charge is -2.15. The average Bonchev–Trinajstić information content (AvgIpc) is 2.88. The Morgan fingerprint density at radius 3 is 2.38 bits per heavy atom. The number of amides is 1. The molecule has 7 nitrogen and oxygen atoms in total. The molecule has 0 fully saturated rings. The maximum Gasteiger partial charge on any atom is 0.337 e. The smallest absolute Gasteiger partial charge is 0.337 e. The second-order valence-corrected chi connectivity index (χ2v) is 8.57. The van der Waals surface area contributed by atoms with Gasteiger partial charge >= 0.3 is 5.97 Å². The van der Waals surface area contributed by atoms with Gasteiger partial charge in [-0.1, -0.05) is 29.8 Å².